The van der Waals surface area contributed by atoms with E-state index in [-0.39, 0.29) is 0 Å². The Morgan fingerprint density at radius 3 is 2.48 bits per heavy atom. The zero-order valence-corrected chi connectivity index (χ0v) is 17.3. The van der Waals surface area contributed by atoms with E-state index in [1.54, 1.807) is 0 Å². The molecule has 0 atom stereocenters. The summed E-state index contributed by atoms with van der Waals surface area (Å²) in [4.78, 5) is 2.56. The number of fused-ring (bicyclic) bond motifs is 2. The van der Waals surface area contributed by atoms with Crippen LogP contribution in [0.5, 0.6) is 5.75 Å². The van der Waals surface area contributed by atoms with E-state index in [9.17, 15) is 0 Å². The molecule has 1 fully saturated rings. The van der Waals surface area contributed by atoms with Gasteiger partial charge in [-0.2, -0.15) is 0 Å². The molecule has 130 valence electrons. The second kappa shape index (κ2) is 7.65. The fourth-order valence-corrected chi connectivity index (χ4v) is 4.40. The number of benzene rings is 2. The van der Waals surface area contributed by atoms with E-state index < -0.39 is 0 Å². The van der Waals surface area contributed by atoms with Gasteiger partial charge in [-0.15, -0.1) is 0 Å². The second-order valence-corrected chi connectivity index (χ2v) is 8.52. The molecule has 0 radical (unpaired) electrons. The number of rotatable bonds is 3. The average Bonchev–Trinajstić information content (AvgIpc) is 3.07. The van der Waals surface area contributed by atoms with Gasteiger partial charge in [0.15, 0.2) is 0 Å². The van der Waals surface area contributed by atoms with Gasteiger partial charge in [-0.25, -0.2) is 0 Å². The molecule has 0 spiro atoms. The van der Waals surface area contributed by atoms with Crippen LogP contribution in [0.3, 0.4) is 0 Å². The molecule has 1 saturated heterocycles. The van der Waals surface area contributed by atoms with Gasteiger partial charge in [-0.05, 0) is 79.4 Å². The molecule has 4 rings (SSSR count). The Hall–Kier alpha value is -1.10. The third-order valence-electron chi connectivity index (χ3n) is 4.97. The fourth-order valence-electron chi connectivity index (χ4n) is 3.68. The Kier molecular flexibility index (Phi) is 5.30. The van der Waals surface area contributed by atoms with Crippen molar-refractivity contribution in [3.63, 3.8) is 0 Å². The largest absolute Gasteiger partial charge is 0.488 e. The van der Waals surface area contributed by atoms with Crippen molar-refractivity contribution in [2.45, 2.75) is 25.9 Å². The van der Waals surface area contributed by atoms with Gasteiger partial charge in [0.25, 0.3) is 0 Å². The molecule has 2 aliphatic heterocycles. The number of hydrogen-bond donors (Lipinski definition) is 0. The van der Waals surface area contributed by atoms with Crippen molar-refractivity contribution in [2.24, 2.45) is 0 Å². The van der Waals surface area contributed by atoms with Gasteiger partial charge >= 0.3 is 0 Å². The van der Waals surface area contributed by atoms with Crippen LogP contribution in [0.2, 0.25) is 0 Å². The lowest BCUT2D eigenvalue weighted by molar-refractivity contribution is 0.307. The van der Waals surface area contributed by atoms with Crippen molar-refractivity contribution in [3.05, 3.63) is 68.1 Å². The van der Waals surface area contributed by atoms with Crippen molar-refractivity contribution in [1.82, 2.24) is 4.90 Å². The molecular formula is C21H21Br2NO. The molecule has 0 aliphatic carbocycles. The predicted octanol–water partition coefficient (Wildman–Crippen LogP) is 6.02. The first kappa shape index (κ1) is 17.3. The Balaban J connectivity index is 1.73. The summed E-state index contributed by atoms with van der Waals surface area (Å²) < 4.78 is 8.28. The number of ether oxygens (including phenoxy) is 1. The molecule has 0 bridgehead atoms. The highest BCUT2D eigenvalue weighted by Gasteiger charge is 2.20. The number of hydrogen-bond acceptors (Lipinski definition) is 2. The van der Waals surface area contributed by atoms with Crippen LogP contribution in [-0.2, 0) is 6.61 Å². The third kappa shape index (κ3) is 3.86. The molecule has 4 heteroatoms. The van der Waals surface area contributed by atoms with Crippen LogP contribution in [0.15, 0.2) is 51.4 Å². The summed E-state index contributed by atoms with van der Waals surface area (Å²) in [5.74, 6) is 0.961. The van der Waals surface area contributed by atoms with Gasteiger partial charge < -0.3 is 9.64 Å². The lowest BCUT2D eigenvalue weighted by Gasteiger charge is -2.15. The summed E-state index contributed by atoms with van der Waals surface area (Å²) in [6.45, 7) is 4.24. The van der Waals surface area contributed by atoms with Crippen LogP contribution < -0.4 is 4.74 Å². The molecule has 2 heterocycles. The van der Waals surface area contributed by atoms with Crippen molar-refractivity contribution >= 4 is 37.4 Å². The molecule has 0 N–H and O–H groups in total. The van der Waals surface area contributed by atoms with E-state index >= 15 is 0 Å². The summed E-state index contributed by atoms with van der Waals surface area (Å²) in [5, 5.41) is 0. The first-order chi connectivity index (χ1) is 12.2. The fraction of sp³-hybridized carbons (Fsp3) is 0.333. The van der Waals surface area contributed by atoms with Crippen LogP contribution in [-0.4, -0.2) is 24.5 Å². The Bertz CT molecular complexity index is 754. The van der Waals surface area contributed by atoms with E-state index in [4.69, 9.17) is 4.74 Å². The zero-order valence-electron chi connectivity index (χ0n) is 14.1. The maximum absolute atomic E-state index is 6.09. The first-order valence-electron chi connectivity index (χ1n) is 8.85. The summed E-state index contributed by atoms with van der Waals surface area (Å²) in [5.41, 5.74) is 4.97. The normalized spacial score (nSPS) is 18.6. The first-order valence-corrected chi connectivity index (χ1v) is 10.4. The SMILES string of the molecule is Brc1ccc2c(c1)/C(=C/CCN1CCCC1)c1cc(Br)ccc1OC2. The van der Waals surface area contributed by atoms with Crippen LogP contribution in [0.4, 0.5) is 0 Å². The lowest BCUT2D eigenvalue weighted by Crippen LogP contribution is -2.19. The maximum Gasteiger partial charge on any atom is 0.127 e. The molecular weight excluding hydrogens is 442 g/mol. The van der Waals surface area contributed by atoms with Crippen molar-refractivity contribution < 1.29 is 4.74 Å². The minimum Gasteiger partial charge on any atom is -0.488 e. The third-order valence-corrected chi connectivity index (χ3v) is 5.96. The summed E-state index contributed by atoms with van der Waals surface area (Å²) >= 11 is 7.25. The van der Waals surface area contributed by atoms with E-state index in [0.717, 1.165) is 27.7 Å². The predicted molar refractivity (Wildman–Crippen MR) is 110 cm³/mol. The zero-order chi connectivity index (χ0) is 17.2. The molecule has 2 aromatic rings. The molecule has 2 aromatic carbocycles. The standard InChI is InChI=1S/C21H21Br2NO/c22-16-6-5-15-14-25-21-8-7-17(23)13-20(21)18(19(15)12-16)4-3-11-24-9-1-2-10-24/h4-8,12-13H,1-3,9-11,14H2/b18-4-. The van der Waals surface area contributed by atoms with Gasteiger partial charge in [-0.1, -0.05) is 44.0 Å². The highest BCUT2D eigenvalue weighted by molar-refractivity contribution is 9.10. The number of likely N-dealkylation sites (tertiary alicyclic amines) is 1. The molecule has 0 unspecified atom stereocenters. The molecule has 2 nitrogen and oxygen atoms in total. The van der Waals surface area contributed by atoms with E-state index in [1.165, 1.54) is 48.2 Å². The highest BCUT2D eigenvalue weighted by atomic mass is 79.9. The van der Waals surface area contributed by atoms with Crippen molar-refractivity contribution in [3.8, 4) is 5.75 Å². The smallest absolute Gasteiger partial charge is 0.127 e. The van der Waals surface area contributed by atoms with Crippen molar-refractivity contribution in [2.75, 3.05) is 19.6 Å². The minimum absolute atomic E-state index is 0.612. The molecule has 2 aliphatic rings. The minimum atomic E-state index is 0.612. The van der Waals surface area contributed by atoms with E-state index in [2.05, 4.69) is 73.2 Å². The second-order valence-electron chi connectivity index (χ2n) is 6.69. The molecule has 0 saturated carbocycles. The Morgan fingerprint density at radius 1 is 0.960 bits per heavy atom. The molecule has 0 amide bonds. The van der Waals surface area contributed by atoms with Crippen molar-refractivity contribution in [1.29, 1.82) is 0 Å². The van der Waals surface area contributed by atoms with E-state index in [0.29, 0.717) is 6.61 Å². The maximum atomic E-state index is 6.09. The van der Waals surface area contributed by atoms with Gasteiger partial charge in [0.2, 0.25) is 0 Å². The topological polar surface area (TPSA) is 12.5 Å². The summed E-state index contributed by atoms with van der Waals surface area (Å²) in [6.07, 6.45) is 6.14. The molecule has 0 aromatic heterocycles. The van der Waals surface area contributed by atoms with Gasteiger partial charge in [0.1, 0.15) is 12.4 Å². The highest BCUT2D eigenvalue weighted by Crippen LogP contribution is 2.39. The van der Waals surface area contributed by atoms with Gasteiger partial charge in [0, 0.05) is 21.1 Å². The lowest BCUT2D eigenvalue weighted by atomic mass is 9.93. The number of nitrogens with zero attached hydrogens (tertiary/aromatic N) is 1. The summed E-state index contributed by atoms with van der Waals surface area (Å²) in [7, 11) is 0. The van der Waals surface area contributed by atoms with E-state index in [1.807, 2.05) is 6.07 Å². The Morgan fingerprint density at radius 2 is 1.68 bits per heavy atom. The van der Waals surface area contributed by atoms with Gasteiger partial charge in [-0.3, -0.25) is 0 Å². The van der Waals surface area contributed by atoms with Crippen LogP contribution in [0, 0.1) is 0 Å². The van der Waals surface area contributed by atoms with Crippen LogP contribution in [0.25, 0.3) is 5.57 Å². The Labute approximate surface area is 166 Å². The summed E-state index contributed by atoms with van der Waals surface area (Å²) in [6, 6.07) is 12.8. The molecule has 25 heavy (non-hydrogen) atoms. The number of halogens is 2. The average molecular weight is 463 g/mol. The quantitative estimate of drug-likeness (QED) is 0.552. The monoisotopic (exact) mass is 461 g/mol. The van der Waals surface area contributed by atoms with Crippen LogP contribution in [0.1, 0.15) is 36.0 Å². The van der Waals surface area contributed by atoms with Crippen LogP contribution >= 0.6 is 31.9 Å². The van der Waals surface area contributed by atoms with Gasteiger partial charge in [0.05, 0.1) is 0 Å².